The zero-order valence-electron chi connectivity index (χ0n) is 21.1. The smallest absolute Gasteiger partial charge is 0.407 e. The van der Waals surface area contributed by atoms with Crippen molar-refractivity contribution in [2.45, 2.75) is 52.2 Å². The third-order valence-corrected chi connectivity index (χ3v) is 6.15. The lowest BCUT2D eigenvalue weighted by Gasteiger charge is -2.32. The van der Waals surface area contributed by atoms with E-state index in [0.29, 0.717) is 36.3 Å². The minimum atomic E-state index is -0.514. The summed E-state index contributed by atoms with van der Waals surface area (Å²) in [5, 5.41) is 2.86. The van der Waals surface area contributed by atoms with E-state index in [0.717, 1.165) is 31.5 Å². The summed E-state index contributed by atoms with van der Waals surface area (Å²) in [6.45, 7) is 7.98. The van der Waals surface area contributed by atoms with Gasteiger partial charge in [-0.1, -0.05) is 30.3 Å². The molecule has 36 heavy (non-hydrogen) atoms. The predicted octanol–water partition coefficient (Wildman–Crippen LogP) is 3.56. The van der Waals surface area contributed by atoms with Gasteiger partial charge >= 0.3 is 6.09 Å². The quantitative estimate of drug-likeness (QED) is 0.487. The molecule has 2 aliphatic heterocycles. The lowest BCUT2D eigenvalue weighted by Crippen LogP contribution is -2.40. The van der Waals surface area contributed by atoms with Crippen LogP contribution in [0.25, 0.3) is 6.08 Å². The van der Waals surface area contributed by atoms with Crippen LogP contribution < -0.4 is 10.2 Å². The van der Waals surface area contributed by atoms with Gasteiger partial charge in [0.05, 0.1) is 24.4 Å². The minimum Gasteiger partial charge on any atom is -0.444 e. The average molecular weight is 492 g/mol. The molecule has 0 bridgehead atoms. The first kappa shape index (κ1) is 25.3. The lowest BCUT2D eigenvalue weighted by atomic mass is 9.97. The largest absolute Gasteiger partial charge is 0.444 e. The molecule has 0 atom stereocenters. The number of alkyl carbamates (subject to hydrolysis) is 1. The molecule has 0 spiro atoms. The number of nitrogens with one attached hydrogen (secondary N) is 1. The van der Waals surface area contributed by atoms with E-state index in [9.17, 15) is 14.4 Å². The van der Waals surface area contributed by atoms with E-state index in [1.807, 2.05) is 51.1 Å². The molecule has 2 aliphatic rings. The van der Waals surface area contributed by atoms with Crippen LogP contribution in [0.15, 0.2) is 48.3 Å². The van der Waals surface area contributed by atoms with Gasteiger partial charge in [0.1, 0.15) is 5.60 Å². The highest BCUT2D eigenvalue weighted by Gasteiger charge is 2.33. The zero-order chi connectivity index (χ0) is 25.7. The molecule has 1 aromatic heterocycles. The van der Waals surface area contributed by atoms with Gasteiger partial charge in [0, 0.05) is 25.8 Å². The van der Waals surface area contributed by atoms with Crippen LogP contribution in [0.1, 0.15) is 51.3 Å². The minimum absolute atomic E-state index is 0.124. The van der Waals surface area contributed by atoms with Crippen LogP contribution >= 0.6 is 0 Å². The number of amides is 2. The van der Waals surface area contributed by atoms with Gasteiger partial charge in [-0.05, 0) is 57.2 Å². The number of carbonyl (C=O) groups excluding carboxylic acids is 3. The molecule has 1 N–H and O–H groups in total. The van der Waals surface area contributed by atoms with Crippen LogP contribution in [0, 0.1) is 5.92 Å². The Hall–Kier alpha value is -3.75. The first-order valence-corrected chi connectivity index (χ1v) is 12.3. The summed E-state index contributed by atoms with van der Waals surface area (Å²) in [5.74, 6) is 0.544. The molecule has 2 aromatic rings. The van der Waals surface area contributed by atoms with Crippen molar-refractivity contribution in [3.8, 4) is 0 Å². The molecular formula is C27H33N5O4. The molecule has 4 rings (SSSR count). The topological polar surface area (TPSA) is 105 Å². The van der Waals surface area contributed by atoms with Crippen molar-refractivity contribution in [2.75, 3.05) is 24.5 Å². The second-order valence-electron chi connectivity index (χ2n) is 10.2. The van der Waals surface area contributed by atoms with E-state index in [-0.39, 0.29) is 18.1 Å². The second kappa shape index (κ2) is 10.9. The van der Waals surface area contributed by atoms with Crippen molar-refractivity contribution in [3.63, 3.8) is 0 Å². The number of nitrogens with zero attached hydrogens (tertiary/aromatic N) is 4. The molecule has 2 fully saturated rings. The zero-order valence-corrected chi connectivity index (χ0v) is 21.1. The summed E-state index contributed by atoms with van der Waals surface area (Å²) in [6, 6.07) is 11.3. The Morgan fingerprint density at radius 3 is 2.56 bits per heavy atom. The van der Waals surface area contributed by atoms with Crippen LogP contribution in [0.3, 0.4) is 0 Å². The molecule has 1 aromatic carbocycles. The predicted molar refractivity (Wildman–Crippen MR) is 136 cm³/mol. The number of ketones is 1. The Kier molecular flexibility index (Phi) is 7.67. The normalized spacial score (nSPS) is 18.1. The fourth-order valence-electron chi connectivity index (χ4n) is 4.32. The fraction of sp³-hybridized carbons (Fsp3) is 0.444. The van der Waals surface area contributed by atoms with Crippen molar-refractivity contribution in [1.82, 2.24) is 20.2 Å². The van der Waals surface area contributed by atoms with E-state index in [1.54, 1.807) is 18.3 Å². The molecule has 9 heteroatoms. The lowest BCUT2D eigenvalue weighted by molar-refractivity contribution is -0.127. The Morgan fingerprint density at radius 2 is 1.86 bits per heavy atom. The number of rotatable bonds is 6. The summed E-state index contributed by atoms with van der Waals surface area (Å²) in [6.07, 6.45) is 4.62. The monoisotopic (exact) mass is 491 g/mol. The summed E-state index contributed by atoms with van der Waals surface area (Å²) in [5.41, 5.74) is 1.39. The fourth-order valence-corrected chi connectivity index (χ4v) is 4.32. The van der Waals surface area contributed by atoms with Gasteiger partial charge in [0.15, 0.2) is 5.78 Å². The Balaban J connectivity index is 1.38. The maximum absolute atomic E-state index is 12.6. The molecule has 0 aliphatic carbocycles. The van der Waals surface area contributed by atoms with Gasteiger partial charge in [-0.3, -0.25) is 9.59 Å². The third-order valence-electron chi connectivity index (χ3n) is 6.15. The standard InChI is InChI=1S/C27H33N5O4/c1-27(2,3)36-26(35)29-17-19-10-13-31(14-11-19)25-28-12-9-21(30-25)15-22-23(33)16-24(34)32(22)18-20-7-5-4-6-8-20/h4-9,12,15,19H,10-11,13-14,16-18H2,1-3H3,(H,29,35)/b22-15-. The van der Waals surface area contributed by atoms with Gasteiger partial charge in [-0.2, -0.15) is 0 Å². The number of carbonyl (C=O) groups is 3. The average Bonchev–Trinajstić information content (AvgIpc) is 3.10. The first-order valence-electron chi connectivity index (χ1n) is 12.3. The second-order valence-corrected chi connectivity index (χ2v) is 10.2. The molecule has 9 nitrogen and oxygen atoms in total. The number of likely N-dealkylation sites (tertiary alicyclic amines) is 1. The number of hydrogen-bond acceptors (Lipinski definition) is 7. The first-order chi connectivity index (χ1) is 17.2. The van der Waals surface area contributed by atoms with Gasteiger partial charge < -0.3 is 19.9 Å². The molecule has 0 saturated carbocycles. The summed E-state index contributed by atoms with van der Waals surface area (Å²) >= 11 is 0. The third kappa shape index (κ3) is 6.68. The highest BCUT2D eigenvalue weighted by molar-refractivity contribution is 6.16. The Labute approximate surface area is 211 Å². The SMILES string of the molecule is CC(C)(C)OC(=O)NCC1CCN(c2nccc(/C=C3/C(=O)CC(=O)N3Cc3ccccc3)n2)CC1. The van der Waals surface area contributed by atoms with Crippen molar-refractivity contribution in [1.29, 1.82) is 0 Å². The highest BCUT2D eigenvalue weighted by atomic mass is 16.6. The van der Waals surface area contributed by atoms with Gasteiger partial charge in [-0.25, -0.2) is 14.8 Å². The summed E-state index contributed by atoms with van der Waals surface area (Å²) in [7, 11) is 0. The van der Waals surface area contributed by atoms with Crippen LogP contribution in [-0.4, -0.2) is 57.9 Å². The number of ether oxygens (including phenoxy) is 1. The van der Waals surface area contributed by atoms with Gasteiger partial charge in [0.25, 0.3) is 0 Å². The van der Waals surface area contributed by atoms with Crippen molar-refractivity contribution in [3.05, 3.63) is 59.5 Å². The number of Topliss-reactive ketones (excluding diaryl/α,β-unsaturated/α-hetero) is 1. The number of allylic oxidation sites excluding steroid dienone is 1. The maximum atomic E-state index is 12.6. The highest BCUT2D eigenvalue weighted by Crippen LogP contribution is 2.25. The van der Waals surface area contributed by atoms with Crippen LogP contribution in [0.5, 0.6) is 0 Å². The van der Waals surface area contributed by atoms with E-state index >= 15 is 0 Å². The molecular weight excluding hydrogens is 458 g/mol. The number of piperidine rings is 1. The van der Waals surface area contributed by atoms with Gasteiger partial charge in [-0.15, -0.1) is 0 Å². The van der Waals surface area contributed by atoms with Crippen molar-refractivity contribution < 1.29 is 19.1 Å². The molecule has 190 valence electrons. The maximum Gasteiger partial charge on any atom is 0.407 e. The summed E-state index contributed by atoms with van der Waals surface area (Å²) in [4.78, 5) is 49.7. The van der Waals surface area contributed by atoms with E-state index < -0.39 is 11.7 Å². The molecule has 2 saturated heterocycles. The summed E-state index contributed by atoms with van der Waals surface area (Å²) < 4.78 is 5.31. The van der Waals surface area contributed by atoms with E-state index in [1.165, 1.54) is 4.90 Å². The van der Waals surface area contributed by atoms with E-state index in [2.05, 4.69) is 20.2 Å². The number of benzene rings is 1. The van der Waals surface area contributed by atoms with Crippen molar-refractivity contribution >= 4 is 29.8 Å². The molecule has 0 unspecified atom stereocenters. The molecule has 0 radical (unpaired) electrons. The van der Waals surface area contributed by atoms with Crippen LogP contribution in [0.4, 0.5) is 10.7 Å². The number of aromatic nitrogens is 2. The Bertz CT molecular complexity index is 1130. The van der Waals surface area contributed by atoms with Crippen LogP contribution in [0.2, 0.25) is 0 Å². The van der Waals surface area contributed by atoms with Gasteiger partial charge in [0.2, 0.25) is 11.9 Å². The van der Waals surface area contributed by atoms with E-state index in [4.69, 9.17) is 4.74 Å². The number of anilines is 1. The molecule has 3 heterocycles. The van der Waals surface area contributed by atoms with Crippen LogP contribution in [-0.2, 0) is 20.9 Å². The molecule has 2 amide bonds. The number of hydrogen-bond donors (Lipinski definition) is 1. The van der Waals surface area contributed by atoms with Crippen molar-refractivity contribution in [2.24, 2.45) is 5.92 Å². The Morgan fingerprint density at radius 1 is 1.14 bits per heavy atom.